The third kappa shape index (κ3) is 4.48. The molecule has 0 fully saturated rings. The van der Waals surface area contributed by atoms with Crippen molar-refractivity contribution in [2.75, 3.05) is 0 Å². The van der Waals surface area contributed by atoms with Gasteiger partial charge in [0, 0.05) is 0 Å². The molecule has 0 aromatic rings. The predicted octanol–water partition coefficient (Wildman–Crippen LogP) is -1.95. The van der Waals surface area contributed by atoms with Gasteiger partial charge in [0.15, 0.2) is 0 Å². The second-order valence-electron chi connectivity index (χ2n) is 1.38. The van der Waals surface area contributed by atoms with Gasteiger partial charge in [-0.15, -0.1) is 0 Å². The Morgan fingerprint density at radius 1 is 1.60 bits per heavy atom. The summed E-state index contributed by atoms with van der Waals surface area (Å²) in [5, 5.41) is 0. The van der Waals surface area contributed by atoms with Crippen LogP contribution in [0.4, 0.5) is 0 Å². The summed E-state index contributed by atoms with van der Waals surface area (Å²) in [5.41, 5.74) is 0. The van der Waals surface area contributed by atoms with Crippen LogP contribution < -0.4 is 0 Å². The molecule has 0 spiro atoms. The van der Waals surface area contributed by atoms with Crippen molar-refractivity contribution >= 4 is 40.0 Å². The molecule has 0 N–H and O–H groups in total. The molecular formula is H4B4S. The van der Waals surface area contributed by atoms with Crippen molar-refractivity contribution in [1.82, 2.24) is 0 Å². The summed E-state index contributed by atoms with van der Waals surface area (Å²) in [6.07, 6.45) is 0.574. The van der Waals surface area contributed by atoms with Gasteiger partial charge < -0.3 is 0 Å². The zero-order valence-electron chi connectivity index (χ0n) is 3.56. The van der Waals surface area contributed by atoms with E-state index in [1.54, 1.807) is 6.05 Å². The van der Waals surface area contributed by atoms with Crippen LogP contribution >= 0.6 is 12.1 Å². The maximum atomic E-state index is 4.55. The fourth-order valence-corrected chi connectivity index (χ4v) is 0. The first-order valence-corrected chi connectivity index (χ1v) is 2.20. The molecule has 5 heavy (non-hydrogen) atoms. The van der Waals surface area contributed by atoms with E-state index >= 15 is 0 Å². The van der Waals surface area contributed by atoms with Gasteiger partial charge in [0.05, 0.1) is 0 Å². The van der Waals surface area contributed by atoms with Crippen LogP contribution in [0.1, 0.15) is 0 Å². The number of rotatable bonds is 1. The molecule has 0 bridgehead atoms. The second-order valence-corrected chi connectivity index (χ2v) is 1.65. The van der Waals surface area contributed by atoms with Crippen LogP contribution in [0.15, 0.2) is 0 Å². The van der Waals surface area contributed by atoms with Crippen molar-refractivity contribution in [3.63, 3.8) is 0 Å². The van der Waals surface area contributed by atoms with Crippen molar-refractivity contribution in [1.29, 1.82) is 0 Å². The van der Waals surface area contributed by atoms with Crippen molar-refractivity contribution in [2.45, 2.75) is 0 Å². The van der Waals surface area contributed by atoms with Crippen molar-refractivity contribution in [3.05, 3.63) is 0 Å². The Balaban J connectivity index is 2.83. The van der Waals surface area contributed by atoms with Crippen molar-refractivity contribution < 1.29 is 0 Å². The molecule has 0 aromatic carbocycles. The number of hydrogen-bond donors (Lipinski definition) is 0. The van der Waals surface area contributed by atoms with Crippen LogP contribution in [0.25, 0.3) is 0 Å². The topological polar surface area (TPSA) is 0 Å². The first-order valence-electron chi connectivity index (χ1n) is 1.72. The summed E-state index contributed by atoms with van der Waals surface area (Å²) in [6, 6.07) is 1.75. The molecule has 5 heteroatoms. The normalized spacial score (nSPS) is 5.60. The molecule has 0 amide bonds. The quantitative estimate of drug-likeness (QED) is 0.329. The average molecular weight is 79.3 g/mol. The minimum atomic E-state index is 0.574. The van der Waals surface area contributed by atoms with Crippen LogP contribution in [-0.4, -0.2) is 27.9 Å². The SMILES string of the molecule is BB(B)B=S. The van der Waals surface area contributed by atoms with Crippen molar-refractivity contribution in [3.8, 4) is 0 Å². The van der Waals surface area contributed by atoms with Crippen LogP contribution in [0.5, 0.6) is 0 Å². The first kappa shape index (κ1) is 5.48. The van der Waals surface area contributed by atoms with E-state index in [4.69, 9.17) is 0 Å². The van der Waals surface area contributed by atoms with Gasteiger partial charge in [-0.2, -0.15) is 0 Å². The summed E-state index contributed by atoms with van der Waals surface area (Å²) < 4.78 is 0. The van der Waals surface area contributed by atoms with Gasteiger partial charge in [-0.25, -0.2) is 0 Å². The van der Waals surface area contributed by atoms with E-state index < -0.39 is 0 Å². The first-order chi connectivity index (χ1) is 2.27. The zero-order chi connectivity index (χ0) is 4.28. The molecule has 0 aliphatic carbocycles. The standard InChI is InChI=1S/B4H4S/c1-4(2)3-5/h1-2H2. The molecule has 0 radical (unpaired) electrons. The molecule has 0 heterocycles. The Morgan fingerprint density at radius 3 is 1.80 bits per heavy atom. The van der Waals surface area contributed by atoms with Gasteiger partial charge in [0.1, 0.15) is 0 Å². The van der Waals surface area contributed by atoms with E-state index in [1.807, 2.05) is 0 Å². The molecule has 0 atom stereocenters. The summed E-state index contributed by atoms with van der Waals surface area (Å²) in [5.74, 6) is 0. The van der Waals surface area contributed by atoms with Gasteiger partial charge in [-0.3, -0.25) is 0 Å². The maximum absolute atomic E-state index is 4.55. The monoisotopic (exact) mass is 80.0 g/mol. The van der Waals surface area contributed by atoms with E-state index in [-0.39, 0.29) is 0 Å². The van der Waals surface area contributed by atoms with E-state index in [9.17, 15) is 0 Å². The van der Waals surface area contributed by atoms with E-state index in [0.717, 1.165) is 0 Å². The number of hydrogen-bond acceptors (Lipinski definition) is 1. The fourth-order valence-electron chi connectivity index (χ4n) is 0. The van der Waals surface area contributed by atoms with E-state index in [2.05, 4.69) is 27.5 Å². The molecule has 0 rings (SSSR count). The molecular weight excluding hydrogens is 75.3 g/mol. The molecule has 0 aromatic heterocycles. The van der Waals surface area contributed by atoms with Gasteiger partial charge >= 0.3 is 40.0 Å². The van der Waals surface area contributed by atoms with Gasteiger partial charge in [0.25, 0.3) is 0 Å². The van der Waals surface area contributed by atoms with Crippen LogP contribution in [-0.2, 0) is 0 Å². The summed E-state index contributed by atoms with van der Waals surface area (Å²) in [6.45, 7) is 0. The zero-order valence-corrected chi connectivity index (χ0v) is 4.38. The predicted molar refractivity (Wildman–Crippen MR) is 36.2 cm³/mol. The Hall–Kier alpha value is 0.480. The molecule has 0 saturated carbocycles. The van der Waals surface area contributed by atoms with Crippen molar-refractivity contribution in [2.24, 2.45) is 0 Å². The van der Waals surface area contributed by atoms with E-state index in [1.165, 1.54) is 0 Å². The van der Waals surface area contributed by atoms with E-state index in [0.29, 0.717) is 6.39 Å². The summed E-state index contributed by atoms with van der Waals surface area (Å²) in [7, 11) is 4.12. The Labute approximate surface area is 40.7 Å². The molecule has 0 aliphatic rings. The van der Waals surface area contributed by atoms with Crippen LogP contribution in [0, 0.1) is 0 Å². The summed E-state index contributed by atoms with van der Waals surface area (Å²) in [4.78, 5) is 0. The third-order valence-electron chi connectivity index (χ3n) is 0.272. The van der Waals surface area contributed by atoms with Crippen LogP contribution in [0.2, 0.25) is 0 Å². The molecule has 0 nitrogen and oxygen atoms in total. The van der Waals surface area contributed by atoms with Gasteiger partial charge in [-0.1, -0.05) is 0 Å². The third-order valence-corrected chi connectivity index (χ3v) is 0.816. The average Bonchev–Trinajstić information content (AvgIpc) is 1.38. The Kier molecular flexibility index (Phi) is 2.96. The van der Waals surface area contributed by atoms with Crippen LogP contribution in [0.3, 0.4) is 0 Å². The second kappa shape index (κ2) is 2.70. The van der Waals surface area contributed by atoms with Gasteiger partial charge in [0.2, 0.25) is 0 Å². The molecule has 22 valence electrons. The molecule has 0 aliphatic heterocycles. The molecule has 0 unspecified atom stereocenters. The van der Waals surface area contributed by atoms with Gasteiger partial charge in [-0.05, 0) is 0 Å². The molecule has 0 saturated heterocycles. The fraction of sp³-hybridized carbons (Fsp3) is 0. The Morgan fingerprint density at radius 2 is 1.80 bits per heavy atom. The Bertz CT molecular complexity index is 30.6. The summed E-state index contributed by atoms with van der Waals surface area (Å²) >= 11 is 4.55. The minimum absolute atomic E-state index is 0.574.